The van der Waals surface area contributed by atoms with Crippen LogP contribution in [0.1, 0.15) is 25.3 Å². The second-order valence-electron chi connectivity index (χ2n) is 5.75. The van der Waals surface area contributed by atoms with Crippen molar-refractivity contribution in [1.82, 2.24) is 0 Å². The maximum Gasteiger partial charge on any atom is 0.0461 e. The van der Waals surface area contributed by atoms with E-state index in [1.165, 1.54) is 22.6 Å². The smallest absolute Gasteiger partial charge is 0.0461 e. The molecule has 3 aromatic carbocycles. The van der Waals surface area contributed by atoms with Crippen molar-refractivity contribution in [3.63, 3.8) is 0 Å². The van der Waals surface area contributed by atoms with Crippen molar-refractivity contribution in [3.05, 3.63) is 90.5 Å². The Bertz CT molecular complexity index is 660. The van der Waals surface area contributed by atoms with Gasteiger partial charge in [-0.1, -0.05) is 62.4 Å². The fourth-order valence-electron chi connectivity index (χ4n) is 2.61. The van der Waals surface area contributed by atoms with Crippen LogP contribution in [0, 0.1) is 0 Å². The van der Waals surface area contributed by atoms with Crippen LogP contribution in [0.4, 0.5) is 17.1 Å². The van der Waals surface area contributed by atoms with Crippen molar-refractivity contribution < 1.29 is 0 Å². The van der Waals surface area contributed by atoms with Crippen molar-refractivity contribution in [2.75, 3.05) is 4.90 Å². The van der Waals surface area contributed by atoms with E-state index in [1.54, 1.807) is 0 Å². The monoisotopic (exact) mass is 287 g/mol. The molecule has 110 valence electrons. The Morgan fingerprint density at radius 3 is 1.36 bits per heavy atom. The topological polar surface area (TPSA) is 3.24 Å². The first-order valence-electron chi connectivity index (χ1n) is 7.76. The summed E-state index contributed by atoms with van der Waals surface area (Å²) in [5, 5.41) is 0. The maximum absolute atomic E-state index is 2.28. The van der Waals surface area contributed by atoms with Gasteiger partial charge in [-0.05, 0) is 47.9 Å². The van der Waals surface area contributed by atoms with E-state index in [0.29, 0.717) is 5.92 Å². The van der Waals surface area contributed by atoms with Gasteiger partial charge in [0, 0.05) is 17.1 Å². The molecule has 0 heterocycles. The molecule has 0 saturated heterocycles. The van der Waals surface area contributed by atoms with Gasteiger partial charge < -0.3 is 4.90 Å². The summed E-state index contributed by atoms with van der Waals surface area (Å²) < 4.78 is 0. The summed E-state index contributed by atoms with van der Waals surface area (Å²) in [5.74, 6) is 0.552. The molecule has 0 radical (unpaired) electrons. The van der Waals surface area contributed by atoms with Crippen LogP contribution in [0.15, 0.2) is 84.9 Å². The Hall–Kier alpha value is -2.54. The first-order valence-corrected chi connectivity index (χ1v) is 7.76. The molecule has 0 spiro atoms. The number of benzene rings is 3. The number of anilines is 3. The molecule has 1 heteroatoms. The highest BCUT2D eigenvalue weighted by atomic mass is 15.1. The van der Waals surface area contributed by atoms with Gasteiger partial charge in [0.1, 0.15) is 0 Å². The van der Waals surface area contributed by atoms with Crippen molar-refractivity contribution >= 4 is 17.1 Å². The van der Waals surface area contributed by atoms with E-state index >= 15 is 0 Å². The van der Waals surface area contributed by atoms with Gasteiger partial charge in [-0.15, -0.1) is 0 Å². The zero-order valence-corrected chi connectivity index (χ0v) is 13.1. The quantitative estimate of drug-likeness (QED) is 0.546. The summed E-state index contributed by atoms with van der Waals surface area (Å²) in [6.45, 7) is 4.45. The van der Waals surface area contributed by atoms with Crippen LogP contribution in [0.2, 0.25) is 0 Å². The number of rotatable bonds is 4. The van der Waals surface area contributed by atoms with Crippen molar-refractivity contribution in [1.29, 1.82) is 0 Å². The van der Waals surface area contributed by atoms with E-state index in [4.69, 9.17) is 0 Å². The highest BCUT2D eigenvalue weighted by molar-refractivity contribution is 5.76. The summed E-state index contributed by atoms with van der Waals surface area (Å²) in [7, 11) is 0. The van der Waals surface area contributed by atoms with Gasteiger partial charge in [0.05, 0.1) is 0 Å². The Morgan fingerprint density at radius 1 is 0.545 bits per heavy atom. The molecular formula is C21H21N. The first kappa shape index (κ1) is 14.4. The molecule has 0 bridgehead atoms. The third kappa shape index (κ3) is 3.04. The molecule has 0 aromatic heterocycles. The molecule has 22 heavy (non-hydrogen) atoms. The van der Waals surface area contributed by atoms with Crippen LogP contribution in [0.5, 0.6) is 0 Å². The number of para-hydroxylation sites is 2. The predicted octanol–water partition coefficient (Wildman–Crippen LogP) is 6.28. The van der Waals surface area contributed by atoms with Gasteiger partial charge in [0.25, 0.3) is 0 Å². The third-order valence-corrected chi connectivity index (χ3v) is 3.85. The fourth-order valence-corrected chi connectivity index (χ4v) is 2.61. The zero-order chi connectivity index (χ0) is 15.4. The van der Waals surface area contributed by atoms with Gasteiger partial charge in [0.2, 0.25) is 0 Å². The summed E-state index contributed by atoms with van der Waals surface area (Å²) >= 11 is 0. The largest absolute Gasteiger partial charge is 0.311 e. The average molecular weight is 287 g/mol. The molecule has 0 N–H and O–H groups in total. The summed E-state index contributed by atoms with van der Waals surface area (Å²) in [6.07, 6.45) is 0. The van der Waals surface area contributed by atoms with Crippen LogP contribution in [-0.2, 0) is 0 Å². The van der Waals surface area contributed by atoms with E-state index in [9.17, 15) is 0 Å². The summed E-state index contributed by atoms with van der Waals surface area (Å²) in [6, 6.07) is 29.8. The van der Waals surface area contributed by atoms with Gasteiger partial charge in [-0.3, -0.25) is 0 Å². The average Bonchev–Trinajstić information content (AvgIpc) is 2.57. The lowest BCUT2D eigenvalue weighted by atomic mass is 10.0. The van der Waals surface area contributed by atoms with Crippen LogP contribution in [0.3, 0.4) is 0 Å². The SMILES string of the molecule is CC(C)c1ccc(N(c2ccccc2)c2ccccc2)cc1. The molecule has 0 atom stereocenters. The Labute approximate surface area is 132 Å². The van der Waals surface area contributed by atoms with Gasteiger partial charge in [-0.25, -0.2) is 0 Å². The summed E-state index contributed by atoms with van der Waals surface area (Å²) in [4.78, 5) is 2.28. The number of hydrogen-bond donors (Lipinski definition) is 0. The minimum absolute atomic E-state index is 0.552. The van der Waals surface area contributed by atoms with Crippen molar-refractivity contribution in [2.45, 2.75) is 19.8 Å². The molecule has 1 nitrogen and oxygen atoms in total. The van der Waals surface area contributed by atoms with Crippen LogP contribution < -0.4 is 4.90 Å². The third-order valence-electron chi connectivity index (χ3n) is 3.85. The minimum Gasteiger partial charge on any atom is -0.311 e. The lowest BCUT2D eigenvalue weighted by Gasteiger charge is -2.25. The molecule has 0 amide bonds. The fraction of sp³-hybridized carbons (Fsp3) is 0.143. The van der Waals surface area contributed by atoms with Crippen molar-refractivity contribution in [2.24, 2.45) is 0 Å². The molecule has 3 rings (SSSR count). The molecule has 0 fully saturated rings. The van der Waals surface area contributed by atoms with E-state index in [1.807, 2.05) is 0 Å². The minimum atomic E-state index is 0.552. The number of hydrogen-bond acceptors (Lipinski definition) is 1. The normalized spacial score (nSPS) is 10.7. The second kappa shape index (κ2) is 6.48. The lowest BCUT2D eigenvalue weighted by molar-refractivity contribution is 0.866. The summed E-state index contributed by atoms with van der Waals surface area (Å²) in [5.41, 5.74) is 4.89. The van der Waals surface area contributed by atoms with E-state index in [2.05, 4.69) is 104 Å². The first-order chi connectivity index (χ1) is 10.8. The maximum atomic E-state index is 2.28. The molecule has 0 aliphatic heterocycles. The molecule has 0 unspecified atom stereocenters. The van der Waals surface area contributed by atoms with Crippen LogP contribution in [-0.4, -0.2) is 0 Å². The molecule has 0 aliphatic rings. The van der Waals surface area contributed by atoms with Gasteiger partial charge >= 0.3 is 0 Å². The molecular weight excluding hydrogens is 266 g/mol. The Balaban J connectivity index is 2.06. The highest BCUT2D eigenvalue weighted by Gasteiger charge is 2.11. The Morgan fingerprint density at radius 2 is 0.955 bits per heavy atom. The molecule has 3 aromatic rings. The lowest BCUT2D eigenvalue weighted by Crippen LogP contribution is -2.09. The molecule has 0 saturated carbocycles. The van der Waals surface area contributed by atoms with Crippen LogP contribution in [0.25, 0.3) is 0 Å². The zero-order valence-electron chi connectivity index (χ0n) is 13.1. The molecule has 0 aliphatic carbocycles. The Kier molecular flexibility index (Phi) is 4.24. The predicted molar refractivity (Wildman–Crippen MR) is 95.2 cm³/mol. The van der Waals surface area contributed by atoms with E-state index in [-0.39, 0.29) is 0 Å². The standard InChI is InChI=1S/C21H21N/c1-17(2)18-13-15-21(16-14-18)22(19-9-5-3-6-10-19)20-11-7-4-8-12-20/h3-17H,1-2H3. The van der Waals surface area contributed by atoms with E-state index in [0.717, 1.165) is 0 Å². The van der Waals surface area contributed by atoms with Crippen LogP contribution >= 0.6 is 0 Å². The van der Waals surface area contributed by atoms with Crippen molar-refractivity contribution in [3.8, 4) is 0 Å². The highest BCUT2D eigenvalue weighted by Crippen LogP contribution is 2.34. The van der Waals surface area contributed by atoms with Gasteiger partial charge in [0.15, 0.2) is 0 Å². The number of nitrogens with zero attached hydrogens (tertiary/aromatic N) is 1. The van der Waals surface area contributed by atoms with E-state index < -0.39 is 0 Å². The van der Waals surface area contributed by atoms with Gasteiger partial charge in [-0.2, -0.15) is 0 Å². The second-order valence-corrected chi connectivity index (χ2v) is 5.75.